The lowest BCUT2D eigenvalue weighted by Gasteiger charge is -2.06. The Kier molecular flexibility index (Phi) is 5.24. The van der Waals surface area contributed by atoms with E-state index in [-0.39, 0.29) is 11.6 Å². The summed E-state index contributed by atoms with van der Waals surface area (Å²) in [5, 5.41) is 19.8. The zero-order valence-electron chi connectivity index (χ0n) is 16.7. The third-order valence-electron chi connectivity index (χ3n) is 4.82. The number of aromatic nitrogens is 6. The molecule has 2 aromatic carbocycles. The largest absolute Gasteiger partial charge is 0.369 e. The van der Waals surface area contributed by atoms with Gasteiger partial charge >= 0.3 is 0 Å². The van der Waals surface area contributed by atoms with Crippen LogP contribution in [0.2, 0.25) is 0 Å². The molecular formula is C22H17F2N7O. The van der Waals surface area contributed by atoms with Crippen LogP contribution in [0.25, 0.3) is 28.4 Å². The molecule has 0 aliphatic heterocycles. The van der Waals surface area contributed by atoms with E-state index in [1.54, 1.807) is 42.5 Å². The lowest BCUT2D eigenvalue weighted by Crippen LogP contribution is -2.07. The molecule has 3 heterocycles. The maximum Gasteiger partial charge on any atom is 0.227 e. The van der Waals surface area contributed by atoms with Crippen LogP contribution in [0.4, 0.5) is 14.6 Å². The van der Waals surface area contributed by atoms with Crippen molar-refractivity contribution < 1.29 is 13.3 Å². The van der Waals surface area contributed by atoms with Crippen molar-refractivity contribution in [2.24, 2.45) is 0 Å². The first-order chi connectivity index (χ1) is 15.7. The molecule has 0 saturated heterocycles. The maximum atomic E-state index is 14.2. The summed E-state index contributed by atoms with van der Waals surface area (Å²) >= 11 is 0. The molecule has 0 fully saturated rings. The Labute approximate surface area is 180 Å². The monoisotopic (exact) mass is 433 g/mol. The SMILES string of the molecule is Fc1ccc(-c2noc(CCCNc3ccc4nnc(-c5ccccc5F)n4n3)n2)cc1. The molecule has 0 aliphatic carbocycles. The topological polar surface area (TPSA) is 94.0 Å². The Morgan fingerprint density at radius 1 is 0.938 bits per heavy atom. The quantitative estimate of drug-likeness (QED) is 0.385. The van der Waals surface area contributed by atoms with Crippen molar-refractivity contribution in [2.75, 3.05) is 11.9 Å². The van der Waals surface area contributed by atoms with Crippen LogP contribution in [-0.2, 0) is 6.42 Å². The van der Waals surface area contributed by atoms with Gasteiger partial charge in [-0.05, 0) is 55.0 Å². The van der Waals surface area contributed by atoms with E-state index in [0.29, 0.717) is 59.5 Å². The minimum absolute atomic E-state index is 0.317. The second-order valence-corrected chi connectivity index (χ2v) is 7.04. The van der Waals surface area contributed by atoms with E-state index in [4.69, 9.17) is 4.52 Å². The maximum absolute atomic E-state index is 14.2. The zero-order chi connectivity index (χ0) is 21.9. The van der Waals surface area contributed by atoms with Crippen LogP contribution in [0.3, 0.4) is 0 Å². The molecule has 8 nitrogen and oxygen atoms in total. The highest BCUT2D eigenvalue weighted by Gasteiger charge is 2.14. The summed E-state index contributed by atoms with van der Waals surface area (Å²) in [7, 11) is 0. The van der Waals surface area contributed by atoms with Crippen LogP contribution in [-0.4, -0.2) is 36.5 Å². The number of halogens is 2. The molecule has 0 bridgehead atoms. The highest BCUT2D eigenvalue weighted by Crippen LogP contribution is 2.21. The van der Waals surface area contributed by atoms with Crippen LogP contribution in [0.15, 0.2) is 65.2 Å². The van der Waals surface area contributed by atoms with E-state index in [9.17, 15) is 8.78 Å². The molecule has 0 aliphatic rings. The first kappa shape index (κ1) is 19.7. The molecule has 32 heavy (non-hydrogen) atoms. The Balaban J connectivity index is 1.22. The van der Waals surface area contributed by atoms with Crippen molar-refractivity contribution >= 4 is 11.5 Å². The van der Waals surface area contributed by atoms with Gasteiger partial charge in [0.2, 0.25) is 11.7 Å². The first-order valence-electron chi connectivity index (χ1n) is 9.97. The summed E-state index contributed by atoms with van der Waals surface area (Å²) in [5.74, 6) is 1.15. The fourth-order valence-electron chi connectivity index (χ4n) is 3.22. The van der Waals surface area contributed by atoms with Gasteiger partial charge in [-0.2, -0.15) is 9.50 Å². The van der Waals surface area contributed by atoms with Crippen LogP contribution in [0.1, 0.15) is 12.3 Å². The molecule has 160 valence electrons. The highest BCUT2D eigenvalue weighted by atomic mass is 19.1. The van der Waals surface area contributed by atoms with E-state index < -0.39 is 0 Å². The Morgan fingerprint density at radius 3 is 2.62 bits per heavy atom. The van der Waals surface area contributed by atoms with Gasteiger partial charge in [-0.3, -0.25) is 0 Å². The molecular weight excluding hydrogens is 416 g/mol. The van der Waals surface area contributed by atoms with Gasteiger partial charge in [0.1, 0.15) is 17.5 Å². The Bertz CT molecular complexity index is 1360. The number of hydrogen-bond donors (Lipinski definition) is 1. The summed E-state index contributed by atoms with van der Waals surface area (Å²) in [4.78, 5) is 4.34. The second-order valence-electron chi connectivity index (χ2n) is 7.04. The summed E-state index contributed by atoms with van der Waals surface area (Å²) in [6.45, 7) is 0.601. The van der Waals surface area contributed by atoms with Gasteiger partial charge in [-0.1, -0.05) is 17.3 Å². The van der Waals surface area contributed by atoms with Crippen molar-refractivity contribution in [1.29, 1.82) is 0 Å². The molecule has 5 aromatic rings. The number of fused-ring (bicyclic) bond motifs is 1. The predicted octanol–water partition coefficient (Wildman–Crippen LogP) is 4.16. The van der Waals surface area contributed by atoms with E-state index >= 15 is 0 Å². The number of hydrogen-bond acceptors (Lipinski definition) is 7. The predicted molar refractivity (Wildman–Crippen MR) is 113 cm³/mol. The molecule has 1 N–H and O–H groups in total. The van der Waals surface area contributed by atoms with Gasteiger partial charge in [0.15, 0.2) is 11.5 Å². The average molecular weight is 433 g/mol. The van der Waals surface area contributed by atoms with Gasteiger partial charge in [0, 0.05) is 18.5 Å². The Morgan fingerprint density at radius 2 is 1.78 bits per heavy atom. The normalized spacial score (nSPS) is 11.2. The van der Waals surface area contributed by atoms with Crippen LogP contribution >= 0.6 is 0 Å². The fraction of sp³-hybridized carbons (Fsp3) is 0.136. The summed E-state index contributed by atoms with van der Waals surface area (Å²) in [6, 6.07) is 15.8. The number of anilines is 1. The number of nitrogens with zero attached hydrogens (tertiary/aromatic N) is 6. The van der Waals surface area contributed by atoms with Gasteiger partial charge in [0.25, 0.3) is 0 Å². The van der Waals surface area contributed by atoms with E-state index in [1.165, 1.54) is 22.7 Å². The molecule has 0 amide bonds. The molecule has 10 heteroatoms. The molecule has 0 saturated carbocycles. The number of benzene rings is 2. The molecule has 0 spiro atoms. The highest BCUT2D eigenvalue weighted by molar-refractivity contribution is 5.60. The fourth-order valence-corrected chi connectivity index (χ4v) is 3.22. The van der Waals surface area contributed by atoms with Gasteiger partial charge in [-0.15, -0.1) is 15.3 Å². The van der Waals surface area contributed by atoms with Crippen molar-refractivity contribution in [1.82, 2.24) is 30.0 Å². The number of nitrogens with one attached hydrogen (secondary N) is 1. The first-order valence-corrected chi connectivity index (χ1v) is 9.97. The van der Waals surface area contributed by atoms with Crippen LogP contribution in [0.5, 0.6) is 0 Å². The lowest BCUT2D eigenvalue weighted by atomic mass is 10.2. The van der Waals surface area contributed by atoms with Crippen molar-refractivity contribution in [3.8, 4) is 22.8 Å². The summed E-state index contributed by atoms with van der Waals surface area (Å²) in [6.07, 6.45) is 1.28. The van der Waals surface area contributed by atoms with E-state index in [2.05, 4.69) is 30.8 Å². The third-order valence-corrected chi connectivity index (χ3v) is 4.82. The van der Waals surface area contributed by atoms with E-state index in [1.807, 2.05) is 0 Å². The minimum Gasteiger partial charge on any atom is -0.369 e. The third kappa shape index (κ3) is 4.02. The smallest absolute Gasteiger partial charge is 0.227 e. The molecule has 0 radical (unpaired) electrons. The molecule has 3 aromatic heterocycles. The molecule has 5 rings (SSSR count). The van der Waals surface area contributed by atoms with Crippen molar-refractivity contribution in [3.63, 3.8) is 0 Å². The van der Waals surface area contributed by atoms with Gasteiger partial charge < -0.3 is 9.84 Å². The van der Waals surface area contributed by atoms with Gasteiger partial charge in [0.05, 0.1) is 5.56 Å². The van der Waals surface area contributed by atoms with Crippen molar-refractivity contribution in [2.45, 2.75) is 12.8 Å². The minimum atomic E-state index is -0.387. The number of aryl methyl sites for hydroxylation is 1. The average Bonchev–Trinajstić information content (AvgIpc) is 3.45. The standard InChI is InChI=1S/C22H17F2N7O/c23-15-9-7-14(8-10-15)21-26-20(32-30-21)6-3-13-25-18-11-12-19-27-28-22(31(19)29-18)16-4-1-2-5-17(16)24/h1-2,4-5,7-12H,3,6,13H2,(H,25,29). The molecule has 0 unspecified atom stereocenters. The Hall–Kier alpha value is -4.21. The number of rotatable bonds is 7. The zero-order valence-corrected chi connectivity index (χ0v) is 16.7. The summed E-state index contributed by atoms with van der Waals surface area (Å²) < 4.78 is 34.0. The summed E-state index contributed by atoms with van der Waals surface area (Å²) in [5.41, 5.74) is 1.54. The van der Waals surface area contributed by atoms with Gasteiger partial charge in [-0.25, -0.2) is 8.78 Å². The van der Waals surface area contributed by atoms with Crippen LogP contribution in [0, 0.1) is 11.6 Å². The van der Waals surface area contributed by atoms with Crippen LogP contribution < -0.4 is 5.32 Å². The molecule has 0 atom stereocenters. The van der Waals surface area contributed by atoms with Crippen molar-refractivity contribution in [3.05, 3.63) is 78.2 Å². The second kappa shape index (κ2) is 8.50. The van der Waals surface area contributed by atoms with E-state index in [0.717, 1.165) is 0 Å². The lowest BCUT2D eigenvalue weighted by molar-refractivity contribution is 0.377.